The first-order valence-corrected chi connectivity index (χ1v) is 8.21. The number of rotatable bonds is 5. The van der Waals surface area contributed by atoms with E-state index in [1.54, 1.807) is 18.2 Å². The summed E-state index contributed by atoms with van der Waals surface area (Å²) in [6.07, 6.45) is 2.18. The summed E-state index contributed by atoms with van der Waals surface area (Å²) in [6.45, 7) is 1.32. The van der Waals surface area contributed by atoms with Crippen LogP contribution >= 0.6 is 11.8 Å². The number of nitrogens with zero attached hydrogens (tertiary/aromatic N) is 1. The minimum Gasteiger partial charge on any atom is -0.376 e. The molecule has 1 aliphatic heterocycles. The number of carbonyl (C=O) groups is 1. The largest absolute Gasteiger partial charge is 0.376 e. The summed E-state index contributed by atoms with van der Waals surface area (Å²) in [5, 5.41) is 3.85. The smallest absolute Gasteiger partial charge is 0.259 e. The van der Waals surface area contributed by atoms with Gasteiger partial charge in [0.1, 0.15) is 0 Å². The van der Waals surface area contributed by atoms with Gasteiger partial charge in [-0.1, -0.05) is 23.9 Å². The van der Waals surface area contributed by atoms with Gasteiger partial charge in [0.2, 0.25) is 5.91 Å². The van der Waals surface area contributed by atoms with Crippen LogP contribution in [-0.4, -0.2) is 40.9 Å². The van der Waals surface area contributed by atoms with Crippen molar-refractivity contribution in [3.8, 4) is 0 Å². The number of aromatic nitrogens is 2. The molecule has 0 radical (unpaired) electrons. The number of H-pyrrole nitrogens is 1. The summed E-state index contributed by atoms with van der Waals surface area (Å²) in [4.78, 5) is 30.8. The van der Waals surface area contributed by atoms with Crippen molar-refractivity contribution in [3.63, 3.8) is 0 Å². The third kappa shape index (κ3) is 3.66. The first-order valence-electron chi connectivity index (χ1n) is 7.22. The van der Waals surface area contributed by atoms with E-state index in [1.165, 1.54) is 11.8 Å². The molecule has 0 aliphatic carbocycles. The first-order chi connectivity index (χ1) is 10.7. The van der Waals surface area contributed by atoms with E-state index >= 15 is 0 Å². The molecule has 0 bridgehead atoms. The first kappa shape index (κ1) is 15.1. The molecule has 2 N–H and O–H groups in total. The molecule has 3 rings (SSSR count). The highest BCUT2D eigenvalue weighted by Crippen LogP contribution is 2.14. The molecule has 1 aliphatic rings. The number of amides is 1. The highest BCUT2D eigenvalue weighted by Gasteiger charge is 2.16. The fourth-order valence-corrected chi connectivity index (χ4v) is 3.05. The molecule has 1 aromatic heterocycles. The lowest BCUT2D eigenvalue weighted by atomic mass is 10.2. The quantitative estimate of drug-likeness (QED) is 0.641. The van der Waals surface area contributed by atoms with E-state index in [9.17, 15) is 9.59 Å². The van der Waals surface area contributed by atoms with E-state index in [-0.39, 0.29) is 23.3 Å². The summed E-state index contributed by atoms with van der Waals surface area (Å²) >= 11 is 1.22. The second-order valence-electron chi connectivity index (χ2n) is 5.12. The lowest BCUT2D eigenvalue weighted by Gasteiger charge is -2.10. The van der Waals surface area contributed by atoms with Crippen LogP contribution < -0.4 is 10.9 Å². The van der Waals surface area contributed by atoms with Gasteiger partial charge in [-0.15, -0.1) is 0 Å². The second kappa shape index (κ2) is 6.93. The minimum absolute atomic E-state index is 0.0868. The predicted octanol–water partition coefficient (Wildman–Crippen LogP) is 1.31. The molecule has 7 heteroatoms. The van der Waals surface area contributed by atoms with Gasteiger partial charge in [-0.3, -0.25) is 9.59 Å². The molecule has 22 heavy (non-hydrogen) atoms. The molecular weight excluding hydrogens is 302 g/mol. The number of carbonyl (C=O) groups excluding carboxylic acids is 1. The molecule has 1 saturated heterocycles. The van der Waals surface area contributed by atoms with Gasteiger partial charge < -0.3 is 15.0 Å². The van der Waals surface area contributed by atoms with Crippen molar-refractivity contribution < 1.29 is 9.53 Å². The number of aromatic amines is 1. The van der Waals surface area contributed by atoms with Gasteiger partial charge in [-0.2, -0.15) is 0 Å². The highest BCUT2D eigenvalue weighted by atomic mass is 32.2. The van der Waals surface area contributed by atoms with Crippen molar-refractivity contribution in [2.75, 3.05) is 18.9 Å². The standard InChI is InChI=1S/C15H17N3O3S/c19-13(16-8-10-4-3-7-21-10)9-22-15-17-12-6-2-1-5-11(12)14(20)18-15/h1-2,5-6,10H,3-4,7-9H2,(H,16,19)(H,17,18,20). The number of para-hydroxylation sites is 1. The minimum atomic E-state index is -0.187. The summed E-state index contributed by atoms with van der Waals surface area (Å²) in [5.74, 6) is 0.130. The van der Waals surface area contributed by atoms with Gasteiger partial charge in [-0.25, -0.2) is 4.98 Å². The molecule has 1 unspecified atom stereocenters. The number of ether oxygens (including phenoxy) is 1. The maximum absolute atomic E-state index is 11.9. The molecule has 116 valence electrons. The Morgan fingerprint density at radius 2 is 2.32 bits per heavy atom. The Bertz CT molecular complexity index is 725. The number of thioether (sulfide) groups is 1. The molecule has 1 amide bonds. The fraction of sp³-hybridized carbons (Fsp3) is 0.400. The Morgan fingerprint density at radius 3 is 3.14 bits per heavy atom. The molecule has 6 nitrogen and oxygen atoms in total. The normalized spacial score (nSPS) is 17.7. The van der Waals surface area contributed by atoms with Gasteiger partial charge in [-0.05, 0) is 25.0 Å². The van der Waals surface area contributed by atoms with Gasteiger partial charge in [0.05, 0.1) is 22.8 Å². The zero-order valence-electron chi connectivity index (χ0n) is 12.0. The lowest BCUT2D eigenvalue weighted by molar-refractivity contribution is -0.119. The van der Waals surface area contributed by atoms with Crippen molar-refractivity contribution >= 4 is 28.6 Å². The maximum Gasteiger partial charge on any atom is 0.259 e. The van der Waals surface area contributed by atoms with Crippen LogP contribution in [0.3, 0.4) is 0 Å². The van der Waals surface area contributed by atoms with E-state index in [0.29, 0.717) is 22.6 Å². The summed E-state index contributed by atoms with van der Waals surface area (Å²) in [5.41, 5.74) is 0.446. The Hall–Kier alpha value is -1.86. The average Bonchev–Trinajstić information content (AvgIpc) is 3.04. The van der Waals surface area contributed by atoms with Crippen LogP contribution in [0.1, 0.15) is 12.8 Å². The summed E-state index contributed by atoms with van der Waals surface area (Å²) < 4.78 is 5.45. The third-order valence-electron chi connectivity index (χ3n) is 3.48. The highest BCUT2D eigenvalue weighted by molar-refractivity contribution is 7.99. The second-order valence-corrected chi connectivity index (χ2v) is 6.08. The van der Waals surface area contributed by atoms with E-state index < -0.39 is 0 Å². The van der Waals surface area contributed by atoms with Gasteiger partial charge >= 0.3 is 0 Å². The Balaban J connectivity index is 1.56. The van der Waals surface area contributed by atoms with Crippen LogP contribution in [-0.2, 0) is 9.53 Å². The topological polar surface area (TPSA) is 84.1 Å². The molecule has 2 heterocycles. The molecule has 2 aromatic rings. The van der Waals surface area contributed by atoms with Crippen molar-refractivity contribution in [3.05, 3.63) is 34.6 Å². The van der Waals surface area contributed by atoms with Gasteiger partial charge in [0, 0.05) is 13.2 Å². The van der Waals surface area contributed by atoms with Crippen LogP contribution in [0.5, 0.6) is 0 Å². The van der Waals surface area contributed by atoms with Crippen LogP contribution in [0.15, 0.2) is 34.2 Å². The number of hydrogen-bond donors (Lipinski definition) is 2. The molecule has 0 saturated carbocycles. The maximum atomic E-state index is 11.9. The number of nitrogens with one attached hydrogen (secondary N) is 2. The Labute approximate surface area is 131 Å². The number of benzene rings is 1. The molecule has 1 atom stereocenters. The van der Waals surface area contributed by atoms with E-state index in [2.05, 4.69) is 15.3 Å². The summed E-state index contributed by atoms with van der Waals surface area (Å²) in [7, 11) is 0. The third-order valence-corrected chi connectivity index (χ3v) is 4.36. The molecular formula is C15H17N3O3S. The molecule has 1 aromatic carbocycles. The molecule has 1 fully saturated rings. The van der Waals surface area contributed by atoms with Gasteiger partial charge in [0.15, 0.2) is 5.16 Å². The van der Waals surface area contributed by atoms with Crippen LogP contribution in [0.2, 0.25) is 0 Å². The van der Waals surface area contributed by atoms with Crippen molar-refractivity contribution in [2.45, 2.75) is 24.1 Å². The van der Waals surface area contributed by atoms with E-state index in [1.807, 2.05) is 6.07 Å². The van der Waals surface area contributed by atoms with E-state index in [4.69, 9.17) is 4.74 Å². The summed E-state index contributed by atoms with van der Waals surface area (Å²) in [6, 6.07) is 7.14. The molecule has 0 spiro atoms. The Kier molecular flexibility index (Phi) is 4.74. The number of hydrogen-bond acceptors (Lipinski definition) is 5. The fourth-order valence-electron chi connectivity index (χ4n) is 2.35. The number of fused-ring (bicyclic) bond motifs is 1. The van der Waals surface area contributed by atoms with E-state index in [0.717, 1.165) is 19.4 Å². The predicted molar refractivity (Wildman–Crippen MR) is 85.1 cm³/mol. The zero-order chi connectivity index (χ0) is 15.4. The lowest BCUT2D eigenvalue weighted by Crippen LogP contribution is -2.33. The zero-order valence-corrected chi connectivity index (χ0v) is 12.8. The average molecular weight is 319 g/mol. The van der Waals surface area contributed by atoms with Crippen LogP contribution in [0.25, 0.3) is 10.9 Å². The van der Waals surface area contributed by atoms with Crippen molar-refractivity contribution in [1.82, 2.24) is 15.3 Å². The van der Waals surface area contributed by atoms with Crippen molar-refractivity contribution in [1.29, 1.82) is 0 Å². The van der Waals surface area contributed by atoms with Crippen molar-refractivity contribution in [2.24, 2.45) is 0 Å². The Morgan fingerprint density at radius 1 is 1.45 bits per heavy atom. The monoisotopic (exact) mass is 319 g/mol. The van der Waals surface area contributed by atoms with Gasteiger partial charge in [0.25, 0.3) is 5.56 Å². The van der Waals surface area contributed by atoms with Crippen LogP contribution in [0.4, 0.5) is 0 Å². The SMILES string of the molecule is O=C(CSc1nc2ccccc2c(=O)[nH]1)NCC1CCCO1. The van der Waals surface area contributed by atoms with Crippen LogP contribution in [0, 0.1) is 0 Å².